The minimum Gasteiger partial charge on any atom is -0.487 e. The number of fused-ring (bicyclic) bond motifs is 1. The molecule has 0 unspecified atom stereocenters. The van der Waals surface area contributed by atoms with Crippen molar-refractivity contribution in [3.05, 3.63) is 95.6 Å². The molecule has 1 heterocycles. The molecule has 0 bridgehead atoms. The highest BCUT2D eigenvalue weighted by Gasteiger charge is 2.25. The number of benzene rings is 3. The summed E-state index contributed by atoms with van der Waals surface area (Å²) >= 11 is 0. The second-order valence-corrected chi connectivity index (χ2v) is 7.20. The monoisotopic (exact) mass is 418 g/mol. The standard InChI is InChI=1S/C26H26O5/c27-26(25(20-7-3-1-4-8-20)21-9-5-2-6-10-21)22-11-12-23-24(19-22)31-18-16-29-14-13-28-15-17-30-23/h1-12,19,25H,13-18H2. The van der Waals surface area contributed by atoms with Gasteiger partial charge in [0.25, 0.3) is 0 Å². The molecule has 0 atom stereocenters. The molecular weight excluding hydrogens is 392 g/mol. The molecule has 0 radical (unpaired) electrons. The number of hydrogen-bond donors (Lipinski definition) is 0. The first-order valence-electron chi connectivity index (χ1n) is 10.5. The van der Waals surface area contributed by atoms with Crippen molar-refractivity contribution >= 4 is 5.78 Å². The smallest absolute Gasteiger partial charge is 0.174 e. The van der Waals surface area contributed by atoms with E-state index in [1.807, 2.05) is 60.7 Å². The second kappa shape index (κ2) is 10.8. The Balaban J connectivity index is 1.65. The van der Waals surface area contributed by atoms with E-state index in [4.69, 9.17) is 18.9 Å². The average Bonchev–Trinajstić information content (AvgIpc) is 2.81. The Kier molecular flexibility index (Phi) is 7.32. The summed E-state index contributed by atoms with van der Waals surface area (Å²) in [6.45, 7) is 2.73. The summed E-state index contributed by atoms with van der Waals surface area (Å²) in [5.74, 6) is 0.741. The topological polar surface area (TPSA) is 54.0 Å². The van der Waals surface area contributed by atoms with E-state index in [0.29, 0.717) is 56.7 Å². The van der Waals surface area contributed by atoms with E-state index < -0.39 is 5.92 Å². The molecule has 0 amide bonds. The number of rotatable bonds is 4. The number of carbonyl (C=O) groups is 1. The first-order valence-corrected chi connectivity index (χ1v) is 10.5. The van der Waals surface area contributed by atoms with E-state index in [9.17, 15) is 4.79 Å². The molecule has 3 aromatic carbocycles. The lowest BCUT2D eigenvalue weighted by molar-refractivity contribution is 0.0223. The molecular formula is C26H26O5. The average molecular weight is 418 g/mol. The van der Waals surface area contributed by atoms with Gasteiger partial charge in [-0.2, -0.15) is 0 Å². The maximum atomic E-state index is 13.7. The van der Waals surface area contributed by atoms with Crippen LogP contribution in [0.25, 0.3) is 0 Å². The second-order valence-electron chi connectivity index (χ2n) is 7.20. The molecule has 3 aromatic rings. The lowest BCUT2D eigenvalue weighted by atomic mass is 9.85. The van der Waals surface area contributed by atoms with Gasteiger partial charge >= 0.3 is 0 Å². The van der Waals surface area contributed by atoms with Gasteiger partial charge in [-0.05, 0) is 29.3 Å². The number of ketones is 1. The molecule has 4 rings (SSSR count). The third kappa shape index (κ3) is 5.51. The summed E-state index contributed by atoms with van der Waals surface area (Å²) in [5, 5.41) is 0. The van der Waals surface area contributed by atoms with Crippen LogP contribution in [0.1, 0.15) is 27.4 Å². The fourth-order valence-corrected chi connectivity index (χ4v) is 3.59. The third-order valence-corrected chi connectivity index (χ3v) is 5.10. The molecule has 0 saturated carbocycles. The van der Waals surface area contributed by atoms with Crippen molar-refractivity contribution < 1.29 is 23.7 Å². The van der Waals surface area contributed by atoms with Gasteiger partial charge in [0.05, 0.1) is 32.3 Å². The quantitative estimate of drug-likeness (QED) is 0.584. The largest absolute Gasteiger partial charge is 0.487 e. The van der Waals surface area contributed by atoms with E-state index in [2.05, 4.69) is 0 Å². The Hall–Kier alpha value is -3.15. The van der Waals surface area contributed by atoms with Crippen molar-refractivity contribution in [2.45, 2.75) is 5.92 Å². The Bertz CT molecular complexity index is 932. The Morgan fingerprint density at radius 2 is 1.13 bits per heavy atom. The van der Waals surface area contributed by atoms with Crippen LogP contribution in [0.5, 0.6) is 11.5 Å². The van der Waals surface area contributed by atoms with Gasteiger partial charge in [-0.15, -0.1) is 0 Å². The predicted molar refractivity (Wildman–Crippen MR) is 118 cm³/mol. The van der Waals surface area contributed by atoms with E-state index in [0.717, 1.165) is 11.1 Å². The predicted octanol–water partition coefficient (Wildman–Crippen LogP) is 4.51. The lowest BCUT2D eigenvalue weighted by Crippen LogP contribution is -2.17. The highest BCUT2D eigenvalue weighted by molar-refractivity contribution is 6.03. The van der Waals surface area contributed by atoms with Crippen molar-refractivity contribution in [2.75, 3.05) is 39.6 Å². The van der Waals surface area contributed by atoms with Gasteiger partial charge in [0.1, 0.15) is 13.2 Å². The number of Topliss-reactive ketones (excluding diaryl/α,β-unsaturated/α-hetero) is 1. The van der Waals surface area contributed by atoms with Crippen LogP contribution in [0.3, 0.4) is 0 Å². The SMILES string of the molecule is O=C(c1ccc2c(c1)OCCOCCOCCO2)C(c1ccccc1)c1ccccc1. The Morgan fingerprint density at radius 3 is 1.71 bits per heavy atom. The summed E-state index contributed by atoms with van der Waals surface area (Å²) in [4.78, 5) is 13.7. The summed E-state index contributed by atoms with van der Waals surface area (Å²) in [6, 6.07) is 25.0. The van der Waals surface area contributed by atoms with E-state index in [-0.39, 0.29) is 5.78 Å². The number of carbonyl (C=O) groups excluding carboxylic acids is 1. The van der Waals surface area contributed by atoms with Crippen molar-refractivity contribution in [2.24, 2.45) is 0 Å². The molecule has 0 aromatic heterocycles. The first-order chi connectivity index (χ1) is 15.3. The van der Waals surface area contributed by atoms with Crippen molar-refractivity contribution in [3.63, 3.8) is 0 Å². The van der Waals surface area contributed by atoms with Crippen LogP contribution < -0.4 is 9.47 Å². The zero-order chi connectivity index (χ0) is 21.3. The molecule has 5 nitrogen and oxygen atoms in total. The van der Waals surface area contributed by atoms with Crippen LogP contribution in [-0.4, -0.2) is 45.4 Å². The van der Waals surface area contributed by atoms with E-state index in [1.165, 1.54) is 0 Å². The van der Waals surface area contributed by atoms with E-state index in [1.54, 1.807) is 18.2 Å². The van der Waals surface area contributed by atoms with Crippen molar-refractivity contribution in [3.8, 4) is 11.5 Å². The van der Waals surface area contributed by atoms with Gasteiger partial charge < -0.3 is 18.9 Å². The molecule has 0 aliphatic carbocycles. The molecule has 160 valence electrons. The lowest BCUT2D eigenvalue weighted by Gasteiger charge is -2.19. The Labute approximate surface area is 182 Å². The van der Waals surface area contributed by atoms with Gasteiger partial charge in [0, 0.05) is 5.56 Å². The van der Waals surface area contributed by atoms with Crippen LogP contribution >= 0.6 is 0 Å². The first kappa shape index (κ1) is 21.1. The van der Waals surface area contributed by atoms with Gasteiger partial charge in [0.2, 0.25) is 0 Å². The minimum absolute atomic E-state index is 0.00880. The molecule has 0 N–H and O–H groups in total. The summed E-state index contributed by atoms with van der Waals surface area (Å²) in [6.07, 6.45) is 0. The van der Waals surface area contributed by atoms with Crippen LogP contribution in [0.15, 0.2) is 78.9 Å². The molecule has 0 spiro atoms. The number of ether oxygens (including phenoxy) is 4. The fourth-order valence-electron chi connectivity index (χ4n) is 3.59. The van der Waals surface area contributed by atoms with Crippen LogP contribution in [-0.2, 0) is 9.47 Å². The number of hydrogen-bond acceptors (Lipinski definition) is 5. The van der Waals surface area contributed by atoms with Crippen LogP contribution in [0.2, 0.25) is 0 Å². The van der Waals surface area contributed by atoms with Crippen molar-refractivity contribution in [1.29, 1.82) is 0 Å². The minimum atomic E-state index is -0.399. The summed E-state index contributed by atoms with van der Waals surface area (Å²) in [7, 11) is 0. The highest BCUT2D eigenvalue weighted by Crippen LogP contribution is 2.33. The zero-order valence-corrected chi connectivity index (χ0v) is 17.4. The highest BCUT2D eigenvalue weighted by atomic mass is 16.6. The molecule has 0 fully saturated rings. The third-order valence-electron chi connectivity index (χ3n) is 5.10. The Morgan fingerprint density at radius 1 is 0.613 bits per heavy atom. The molecule has 5 heteroatoms. The van der Waals surface area contributed by atoms with Gasteiger partial charge in [-0.3, -0.25) is 4.79 Å². The molecule has 31 heavy (non-hydrogen) atoms. The van der Waals surface area contributed by atoms with Gasteiger partial charge in [-0.1, -0.05) is 60.7 Å². The summed E-state index contributed by atoms with van der Waals surface area (Å²) < 4.78 is 22.7. The van der Waals surface area contributed by atoms with Crippen LogP contribution in [0.4, 0.5) is 0 Å². The normalized spacial score (nSPS) is 15.0. The van der Waals surface area contributed by atoms with E-state index >= 15 is 0 Å². The van der Waals surface area contributed by atoms with Gasteiger partial charge in [-0.25, -0.2) is 0 Å². The fraction of sp³-hybridized carbons (Fsp3) is 0.269. The maximum absolute atomic E-state index is 13.7. The van der Waals surface area contributed by atoms with Crippen molar-refractivity contribution in [1.82, 2.24) is 0 Å². The maximum Gasteiger partial charge on any atom is 0.174 e. The summed E-state index contributed by atoms with van der Waals surface area (Å²) in [5.41, 5.74) is 2.48. The molecule has 1 aliphatic rings. The van der Waals surface area contributed by atoms with Gasteiger partial charge in [0.15, 0.2) is 17.3 Å². The molecule has 0 saturated heterocycles. The van der Waals surface area contributed by atoms with Crippen LogP contribution in [0, 0.1) is 0 Å². The zero-order valence-electron chi connectivity index (χ0n) is 17.4. The molecule has 1 aliphatic heterocycles.